The van der Waals surface area contributed by atoms with Gasteiger partial charge in [-0.2, -0.15) is 0 Å². The monoisotopic (exact) mass is 380 g/mol. The van der Waals surface area contributed by atoms with Crippen molar-refractivity contribution in [3.63, 3.8) is 0 Å². The van der Waals surface area contributed by atoms with Crippen LogP contribution in [0, 0.1) is 33.5 Å². The van der Waals surface area contributed by atoms with E-state index in [1.165, 1.54) is 6.42 Å². The summed E-state index contributed by atoms with van der Waals surface area (Å²) >= 11 is 0. The Morgan fingerprint density at radius 3 is 1.44 bits per heavy atom. The van der Waals surface area contributed by atoms with Crippen LogP contribution in [0.1, 0.15) is 102 Å². The van der Waals surface area contributed by atoms with Gasteiger partial charge in [-0.1, -0.05) is 62.3 Å². The molecule has 0 saturated heterocycles. The molecule has 0 spiro atoms. The number of Topliss-reactive ketones (excluding diaryl/α,β-unsaturated/α-hetero) is 1. The number of ketones is 1. The SMILES string of the molecule is CC(C)OC(=O)C1C(C)(C)CC1(C)C.CCCC(=O)C1C(C)(C)CC1(C)C. The second-order valence-electron chi connectivity index (χ2n) is 11.9. The molecule has 0 radical (unpaired) electrons. The van der Waals surface area contributed by atoms with E-state index >= 15 is 0 Å². The Morgan fingerprint density at radius 2 is 1.19 bits per heavy atom. The molecule has 2 aliphatic rings. The van der Waals surface area contributed by atoms with Gasteiger partial charge in [-0.15, -0.1) is 0 Å². The van der Waals surface area contributed by atoms with Crippen LogP contribution in [0.4, 0.5) is 0 Å². The Hall–Kier alpha value is -0.860. The molecule has 0 bridgehead atoms. The summed E-state index contributed by atoms with van der Waals surface area (Å²) in [7, 11) is 0. The fraction of sp³-hybridized carbons (Fsp3) is 0.917. The molecule has 0 aromatic rings. The van der Waals surface area contributed by atoms with Gasteiger partial charge in [0.15, 0.2) is 0 Å². The zero-order valence-electron chi connectivity index (χ0n) is 19.8. The average molecular weight is 381 g/mol. The number of carbonyl (C=O) groups is 2. The summed E-state index contributed by atoms with van der Waals surface area (Å²) in [6.45, 7) is 23.3. The molecule has 0 unspecified atom stereocenters. The van der Waals surface area contributed by atoms with E-state index in [9.17, 15) is 9.59 Å². The van der Waals surface area contributed by atoms with E-state index in [-0.39, 0.29) is 39.7 Å². The minimum atomic E-state index is -0.0266. The maximum Gasteiger partial charge on any atom is 0.310 e. The molecular formula is C24H44O3. The van der Waals surface area contributed by atoms with Gasteiger partial charge in [0.05, 0.1) is 12.0 Å². The predicted octanol–water partition coefficient (Wildman–Crippen LogP) is 6.44. The van der Waals surface area contributed by atoms with Crippen LogP contribution in [0.15, 0.2) is 0 Å². The van der Waals surface area contributed by atoms with E-state index in [1.807, 2.05) is 13.8 Å². The molecule has 0 heterocycles. The molecule has 0 amide bonds. The number of hydrogen-bond acceptors (Lipinski definition) is 3. The van der Waals surface area contributed by atoms with Gasteiger partial charge < -0.3 is 4.74 Å². The Morgan fingerprint density at radius 1 is 0.815 bits per heavy atom. The largest absolute Gasteiger partial charge is 0.463 e. The molecule has 27 heavy (non-hydrogen) atoms. The molecule has 3 nitrogen and oxygen atoms in total. The molecule has 2 fully saturated rings. The first-order chi connectivity index (χ1) is 12.0. The fourth-order valence-electron chi connectivity index (χ4n) is 6.81. The summed E-state index contributed by atoms with van der Waals surface area (Å²) in [4.78, 5) is 23.7. The van der Waals surface area contributed by atoms with Crippen LogP contribution < -0.4 is 0 Å². The van der Waals surface area contributed by atoms with Gasteiger partial charge in [-0.25, -0.2) is 0 Å². The van der Waals surface area contributed by atoms with E-state index in [0.29, 0.717) is 11.7 Å². The maximum atomic E-state index is 11.9. The zero-order valence-corrected chi connectivity index (χ0v) is 19.8. The van der Waals surface area contributed by atoms with Gasteiger partial charge in [0.1, 0.15) is 5.78 Å². The third-order valence-corrected chi connectivity index (χ3v) is 6.35. The van der Waals surface area contributed by atoms with Crippen LogP contribution in [0.2, 0.25) is 0 Å². The smallest absolute Gasteiger partial charge is 0.310 e. The molecule has 0 aromatic heterocycles. The van der Waals surface area contributed by atoms with Crippen molar-refractivity contribution in [3.8, 4) is 0 Å². The quantitative estimate of drug-likeness (QED) is 0.516. The normalized spacial score (nSPS) is 24.9. The number of hydrogen-bond donors (Lipinski definition) is 0. The highest BCUT2D eigenvalue weighted by molar-refractivity contribution is 5.83. The van der Waals surface area contributed by atoms with Gasteiger partial charge in [-0.3, -0.25) is 9.59 Å². The van der Waals surface area contributed by atoms with E-state index in [1.54, 1.807) is 0 Å². The molecule has 3 heteroatoms. The van der Waals surface area contributed by atoms with Gasteiger partial charge in [0, 0.05) is 12.3 Å². The highest BCUT2D eigenvalue weighted by atomic mass is 16.5. The van der Waals surface area contributed by atoms with Crippen molar-refractivity contribution >= 4 is 11.8 Å². The van der Waals surface area contributed by atoms with Crippen molar-refractivity contribution in [2.24, 2.45) is 33.5 Å². The van der Waals surface area contributed by atoms with Gasteiger partial charge >= 0.3 is 5.97 Å². The van der Waals surface area contributed by atoms with Crippen LogP contribution in [0.5, 0.6) is 0 Å². The second kappa shape index (κ2) is 7.87. The van der Waals surface area contributed by atoms with E-state index < -0.39 is 0 Å². The molecular weight excluding hydrogens is 336 g/mol. The summed E-state index contributed by atoms with van der Waals surface area (Å²) in [5, 5.41) is 0. The summed E-state index contributed by atoms with van der Waals surface area (Å²) < 4.78 is 5.29. The standard InChI is InChI=1S/C12H22O2.C12H22O/c1-8(2)14-10(13)9-11(3,4)7-12(9,5)6;1-6-7-9(13)10-11(2,3)8-12(10,4)5/h8-9H,7H2,1-6H3;10H,6-8H2,1-5H3. The van der Waals surface area contributed by atoms with E-state index in [0.717, 1.165) is 19.3 Å². The molecule has 0 aromatic carbocycles. The molecule has 2 rings (SSSR count). The molecule has 0 aliphatic heterocycles. The van der Waals surface area contributed by atoms with Crippen molar-refractivity contribution in [1.29, 1.82) is 0 Å². The van der Waals surface area contributed by atoms with E-state index in [2.05, 4.69) is 62.3 Å². The maximum absolute atomic E-state index is 11.9. The lowest BCUT2D eigenvalue weighted by atomic mass is 9.47. The van der Waals surface area contributed by atoms with Crippen molar-refractivity contribution < 1.29 is 14.3 Å². The Balaban J connectivity index is 0.000000271. The number of ether oxygens (including phenoxy) is 1. The highest BCUT2D eigenvalue weighted by Crippen LogP contribution is 2.60. The molecule has 2 aliphatic carbocycles. The Labute approximate surface area is 168 Å². The lowest BCUT2D eigenvalue weighted by Crippen LogP contribution is -2.54. The van der Waals surface area contributed by atoms with Crippen molar-refractivity contribution in [2.75, 3.05) is 0 Å². The number of esters is 1. The average Bonchev–Trinajstić information content (AvgIpc) is 2.32. The Kier molecular flexibility index (Phi) is 7.05. The van der Waals surface area contributed by atoms with E-state index in [4.69, 9.17) is 4.74 Å². The van der Waals surface area contributed by atoms with Crippen molar-refractivity contribution in [1.82, 2.24) is 0 Å². The van der Waals surface area contributed by atoms with Crippen LogP contribution in [0.3, 0.4) is 0 Å². The molecule has 158 valence electrons. The first-order valence-corrected chi connectivity index (χ1v) is 10.7. The van der Waals surface area contributed by atoms with Crippen LogP contribution >= 0.6 is 0 Å². The van der Waals surface area contributed by atoms with Gasteiger partial charge in [0.2, 0.25) is 0 Å². The number of rotatable bonds is 5. The van der Waals surface area contributed by atoms with Gasteiger partial charge in [0.25, 0.3) is 0 Å². The second-order valence-corrected chi connectivity index (χ2v) is 11.9. The summed E-state index contributed by atoms with van der Waals surface area (Å²) in [6, 6.07) is 0. The topological polar surface area (TPSA) is 43.4 Å². The first-order valence-electron chi connectivity index (χ1n) is 10.7. The third-order valence-electron chi connectivity index (χ3n) is 6.35. The summed E-state index contributed by atoms with van der Waals surface area (Å²) in [6.07, 6.45) is 4.02. The van der Waals surface area contributed by atoms with Crippen LogP contribution in [-0.4, -0.2) is 17.9 Å². The highest BCUT2D eigenvalue weighted by Gasteiger charge is 2.57. The van der Waals surface area contributed by atoms with Crippen molar-refractivity contribution in [2.45, 2.75) is 108 Å². The number of carbonyl (C=O) groups excluding carboxylic acids is 2. The van der Waals surface area contributed by atoms with Crippen LogP contribution in [-0.2, 0) is 14.3 Å². The van der Waals surface area contributed by atoms with Gasteiger partial charge in [-0.05, 0) is 54.8 Å². The zero-order chi connectivity index (χ0) is 21.4. The predicted molar refractivity (Wildman–Crippen MR) is 112 cm³/mol. The lowest BCUT2D eigenvalue weighted by molar-refractivity contribution is -0.180. The minimum absolute atomic E-state index is 0.00491. The van der Waals surface area contributed by atoms with Crippen molar-refractivity contribution in [3.05, 3.63) is 0 Å². The summed E-state index contributed by atoms with van der Waals surface area (Å²) in [5.74, 6) is 0.794. The molecule has 0 N–H and O–H groups in total. The summed E-state index contributed by atoms with van der Waals surface area (Å²) in [5.41, 5.74) is 0.705. The van der Waals surface area contributed by atoms with Crippen LogP contribution in [0.25, 0.3) is 0 Å². The molecule has 2 saturated carbocycles. The third kappa shape index (κ3) is 5.35. The fourth-order valence-corrected chi connectivity index (χ4v) is 6.81. The minimum Gasteiger partial charge on any atom is -0.463 e. The lowest BCUT2D eigenvalue weighted by Gasteiger charge is -2.57. The first kappa shape index (κ1) is 24.2. The molecule has 0 atom stereocenters. The Bertz CT molecular complexity index is 524.